The first-order chi connectivity index (χ1) is 13.0. The molecule has 0 aliphatic heterocycles. The van der Waals surface area contributed by atoms with Crippen molar-refractivity contribution < 1.29 is 24.1 Å². The van der Waals surface area contributed by atoms with Crippen LogP contribution in [0.5, 0.6) is 0 Å². The van der Waals surface area contributed by atoms with E-state index in [4.69, 9.17) is 9.47 Å². The number of hydrogen-bond acceptors (Lipinski definition) is 8. The van der Waals surface area contributed by atoms with E-state index in [1.165, 1.54) is 18.2 Å². The van der Waals surface area contributed by atoms with Gasteiger partial charge in [-0.15, -0.1) is 0 Å². The molecular formula is C17H17N3O7. The summed E-state index contributed by atoms with van der Waals surface area (Å²) in [6.45, 7) is 2.62. The molecule has 0 saturated heterocycles. The molecule has 1 heterocycles. The van der Waals surface area contributed by atoms with Gasteiger partial charge in [-0.25, -0.2) is 4.79 Å². The fourth-order valence-electron chi connectivity index (χ4n) is 2.34. The third-order valence-electron chi connectivity index (χ3n) is 3.50. The van der Waals surface area contributed by atoms with E-state index in [-0.39, 0.29) is 35.6 Å². The number of pyridine rings is 1. The molecule has 1 aromatic carbocycles. The van der Waals surface area contributed by atoms with Crippen LogP contribution in [-0.2, 0) is 9.47 Å². The Labute approximate surface area is 154 Å². The van der Waals surface area contributed by atoms with E-state index >= 15 is 0 Å². The van der Waals surface area contributed by atoms with Crippen molar-refractivity contribution in [3.05, 3.63) is 62.5 Å². The molecule has 142 valence electrons. The highest BCUT2D eigenvalue weighted by molar-refractivity contribution is 5.99. The number of hydrogen-bond donors (Lipinski definition) is 0. The standard InChI is InChI=1S/C17H17N3O7/c1-2-6-26-7-8-27-17(21)14-10-18-11-15(20(24)25)16(14)12-4-3-5-13(9-12)19(22)23/h3-5,9-11H,2,6-8H2,1H3. The van der Waals surface area contributed by atoms with Crippen molar-refractivity contribution in [3.63, 3.8) is 0 Å². The molecule has 0 aliphatic carbocycles. The summed E-state index contributed by atoms with van der Waals surface area (Å²) < 4.78 is 10.3. The van der Waals surface area contributed by atoms with Gasteiger partial charge in [0.25, 0.3) is 11.4 Å². The molecular weight excluding hydrogens is 358 g/mol. The predicted molar refractivity (Wildman–Crippen MR) is 94.4 cm³/mol. The number of esters is 1. The van der Waals surface area contributed by atoms with Crippen LogP contribution in [0.15, 0.2) is 36.7 Å². The summed E-state index contributed by atoms with van der Waals surface area (Å²) in [5, 5.41) is 22.4. The van der Waals surface area contributed by atoms with E-state index in [1.807, 2.05) is 6.92 Å². The molecule has 2 rings (SSSR count). The van der Waals surface area contributed by atoms with E-state index < -0.39 is 21.5 Å². The summed E-state index contributed by atoms with van der Waals surface area (Å²) >= 11 is 0. The topological polar surface area (TPSA) is 135 Å². The first-order valence-corrected chi connectivity index (χ1v) is 8.07. The molecule has 10 heteroatoms. The lowest BCUT2D eigenvalue weighted by Crippen LogP contribution is -2.13. The van der Waals surface area contributed by atoms with Gasteiger partial charge < -0.3 is 9.47 Å². The smallest absolute Gasteiger partial charge is 0.340 e. The maximum atomic E-state index is 12.4. The number of aromatic nitrogens is 1. The molecule has 0 bridgehead atoms. The summed E-state index contributed by atoms with van der Waals surface area (Å²) in [5.74, 6) is -0.826. The predicted octanol–water partition coefficient (Wildman–Crippen LogP) is 3.15. The van der Waals surface area contributed by atoms with Gasteiger partial charge in [-0.2, -0.15) is 0 Å². The maximum absolute atomic E-state index is 12.4. The van der Waals surface area contributed by atoms with Crippen LogP contribution in [0, 0.1) is 20.2 Å². The minimum absolute atomic E-state index is 0.0318. The Kier molecular flexibility index (Phi) is 6.89. The van der Waals surface area contributed by atoms with Gasteiger partial charge in [-0.3, -0.25) is 25.2 Å². The van der Waals surface area contributed by atoms with Crippen molar-refractivity contribution in [2.45, 2.75) is 13.3 Å². The van der Waals surface area contributed by atoms with Gasteiger partial charge in [0.05, 0.1) is 27.6 Å². The van der Waals surface area contributed by atoms with Crippen molar-refractivity contribution in [1.29, 1.82) is 0 Å². The summed E-state index contributed by atoms with van der Waals surface area (Å²) in [5.41, 5.74) is -0.802. The molecule has 0 unspecified atom stereocenters. The van der Waals surface area contributed by atoms with E-state index in [9.17, 15) is 25.0 Å². The van der Waals surface area contributed by atoms with Crippen molar-refractivity contribution in [2.75, 3.05) is 19.8 Å². The van der Waals surface area contributed by atoms with Crippen molar-refractivity contribution in [2.24, 2.45) is 0 Å². The Bertz CT molecular complexity index is 854. The van der Waals surface area contributed by atoms with Crippen molar-refractivity contribution in [1.82, 2.24) is 4.98 Å². The zero-order chi connectivity index (χ0) is 19.8. The Morgan fingerprint density at radius 1 is 1.11 bits per heavy atom. The van der Waals surface area contributed by atoms with Crippen LogP contribution < -0.4 is 0 Å². The second kappa shape index (κ2) is 9.34. The first-order valence-electron chi connectivity index (χ1n) is 8.07. The number of ether oxygens (including phenoxy) is 2. The van der Waals surface area contributed by atoms with E-state index in [1.54, 1.807) is 0 Å². The Morgan fingerprint density at radius 3 is 2.56 bits per heavy atom. The first kappa shape index (κ1) is 19.9. The number of nitro groups is 2. The van der Waals surface area contributed by atoms with Gasteiger partial charge in [-0.05, 0) is 12.0 Å². The maximum Gasteiger partial charge on any atom is 0.340 e. The van der Waals surface area contributed by atoms with Gasteiger partial charge in [0, 0.05) is 24.9 Å². The number of nitro benzene ring substituents is 1. The Hall–Kier alpha value is -3.40. The molecule has 0 fully saturated rings. The van der Waals surface area contributed by atoms with E-state index in [2.05, 4.69) is 4.98 Å². The molecule has 1 aromatic heterocycles. The van der Waals surface area contributed by atoms with Crippen molar-refractivity contribution >= 4 is 17.3 Å². The second-order valence-electron chi connectivity index (χ2n) is 5.39. The monoisotopic (exact) mass is 375 g/mol. The van der Waals surface area contributed by atoms with E-state index in [0.717, 1.165) is 24.9 Å². The molecule has 0 radical (unpaired) electrons. The molecule has 0 spiro atoms. The zero-order valence-electron chi connectivity index (χ0n) is 14.5. The van der Waals surface area contributed by atoms with Crippen LogP contribution in [0.1, 0.15) is 23.7 Å². The van der Waals surface area contributed by atoms with Gasteiger partial charge in [0.15, 0.2) is 0 Å². The summed E-state index contributed by atoms with van der Waals surface area (Å²) in [6.07, 6.45) is 2.94. The average molecular weight is 375 g/mol. The molecule has 0 amide bonds. The van der Waals surface area contributed by atoms with Crippen molar-refractivity contribution in [3.8, 4) is 11.1 Å². The Balaban J connectivity index is 2.40. The van der Waals surface area contributed by atoms with Crippen LogP contribution in [0.3, 0.4) is 0 Å². The third kappa shape index (κ3) is 5.05. The number of carbonyl (C=O) groups excluding carboxylic acids is 1. The lowest BCUT2D eigenvalue weighted by atomic mass is 9.99. The number of rotatable bonds is 9. The summed E-state index contributed by atoms with van der Waals surface area (Å²) in [4.78, 5) is 37.2. The van der Waals surface area contributed by atoms with Gasteiger partial charge >= 0.3 is 5.97 Å². The number of nitrogens with zero attached hydrogens (tertiary/aromatic N) is 3. The minimum Gasteiger partial charge on any atom is -0.460 e. The SMILES string of the molecule is CCCOCCOC(=O)c1cncc([N+](=O)[O-])c1-c1cccc([N+](=O)[O-])c1. The van der Waals surface area contributed by atoms with Gasteiger partial charge in [0.1, 0.15) is 12.8 Å². The van der Waals surface area contributed by atoms with Crippen LogP contribution in [0.2, 0.25) is 0 Å². The van der Waals surface area contributed by atoms with Gasteiger partial charge in [0.2, 0.25) is 0 Å². The second-order valence-corrected chi connectivity index (χ2v) is 5.39. The molecule has 10 nitrogen and oxygen atoms in total. The van der Waals surface area contributed by atoms with Crippen LogP contribution >= 0.6 is 0 Å². The number of carbonyl (C=O) groups is 1. The number of benzene rings is 1. The molecule has 2 aromatic rings. The average Bonchev–Trinajstić information content (AvgIpc) is 2.67. The molecule has 0 saturated carbocycles. The molecule has 0 N–H and O–H groups in total. The quantitative estimate of drug-likeness (QED) is 0.282. The highest BCUT2D eigenvalue weighted by Gasteiger charge is 2.26. The third-order valence-corrected chi connectivity index (χ3v) is 3.50. The van der Waals surface area contributed by atoms with Crippen LogP contribution in [0.4, 0.5) is 11.4 Å². The fraction of sp³-hybridized carbons (Fsp3) is 0.294. The highest BCUT2D eigenvalue weighted by atomic mass is 16.6. The minimum atomic E-state index is -0.826. The molecule has 0 atom stereocenters. The van der Waals surface area contributed by atoms with Crippen LogP contribution in [0.25, 0.3) is 11.1 Å². The summed E-state index contributed by atoms with van der Waals surface area (Å²) in [7, 11) is 0. The lowest BCUT2D eigenvalue weighted by Gasteiger charge is -2.10. The zero-order valence-corrected chi connectivity index (χ0v) is 14.5. The largest absolute Gasteiger partial charge is 0.460 e. The lowest BCUT2D eigenvalue weighted by molar-refractivity contribution is -0.385. The highest BCUT2D eigenvalue weighted by Crippen LogP contribution is 2.34. The Morgan fingerprint density at radius 2 is 1.89 bits per heavy atom. The molecule has 27 heavy (non-hydrogen) atoms. The van der Waals surface area contributed by atoms with E-state index in [0.29, 0.717) is 6.61 Å². The normalized spacial score (nSPS) is 10.4. The fourth-order valence-corrected chi connectivity index (χ4v) is 2.34. The number of non-ortho nitro benzene ring substituents is 1. The van der Waals surface area contributed by atoms with Gasteiger partial charge in [-0.1, -0.05) is 19.1 Å². The van der Waals surface area contributed by atoms with Crippen LogP contribution in [-0.4, -0.2) is 40.6 Å². The molecule has 0 aliphatic rings. The summed E-state index contributed by atoms with van der Waals surface area (Å²) in [6, 6.07) is 5.23.